The van der Waals surface area contributed by atoms with Crippen LogP contribution in [0.4, 0.5) is 0 Å². The van der Waals surface area contributed by atoms with Gasteiger partial charge in [0.2, 0.25) is 5.91 Å². The molecule has 2 fully saturated rings. The average molecular weight is 330 g/mol. The molecule has 1 amide bonds. The molecule has 2 saturated heterocycles. The number of hydrogen-bond acceptors (Lipinski definition) is 4. The van der Waals surface area contributed by atoms with Crippen molar-refractivity contribution in [1.82, 2.24) is 10.2 Å². The molecule has 2 aliphatic rings. The topological polar surface area (TPSA) is 66.5 Å². The van der Waals surface area contributed by atoms with E-state index in [4.69, 9.17) is 0 Å². The van der Waals surface area contributed by atoms with E-state index in [9.17, 15) is 13.2 Å². The summed E-state index contributed by atoms with van der Waals surface area (Å²) < 4.78 is 24.7. The molecule has 0 aromatic heterocycles. The van der Waals surface area contributed by atoms with Gasteiger partial charge in [0.05, 0.1) is 11.0 Å². The van der Waals surface area contributed by atoms with E-state index in [2.05, 4.69) is 37.9 Å². The monoisotopic (exact) mass is 330 g/mol. The minimum Gasteiger partial charge on any atom is -0.356 e. The van der Waals surface area contributed by atoms with E-state index in [-0.39, 0.29) is 28.7 Å². The van der Waals surface area contributed by atoms with E-state index in [1.807, 2.05) is 0 Å². The van der Waals surface area contributed by atoms with Crippen molar-refractivity contribution in [1.29, 1.82) is 0 Å². The molecule has 3 atom stereocenters. The third-order valence-corrected chi connectivity index (χ3v) is 6.95. The zero-order valence-corrected chi connectivity index (χ0v) is 15.0. The molecule has 22 heavy (non-hydrogen) atoms. The number of nitrogens with one attached hydrogen (secondary N) is 1. The summed E-state index contributed by atoms with van der Waals surface area (Å²) in [7, 11) is -3.05. The number of amides is 1. The smallest absolute Gasteiger partial charge is 0.223 e. The Bertz CT molecular complexity index is 502. The molecule has 0 aromatic carbocycles. The van der Waals surface area contributed by atoms with Gasteiger partial charge in [-0.05, 0) is 18.3 Å². The van der Waals surface area contributed by atoms with Crippen LogP contribution in [0.2, 0.25) is 0 Å². The number of hydrogen-bond donors (Lipinski definition) is 1. The Kier molecular flexibility index (Phi) is 5.54. The molecule has 6 heteroatoms. The molecule has 0 spiro atoms. The second-order valence-corrected chi connectivity index (χ2v) is 10.1. The van der Waals surface area contributed by atoms with Gasteiger partial charge in [-0.1, -0.05) is 27.7 Å². The van der Waals surface area contributed by atoms with Crippen LogP contribution in [-0.2, 0) is 14.6 Å². The average Bonchev–Trinajstić information content (AvgIpc) is 2.80. The highest BCUT2D eigenvalue weighted by Crippen LogP contribution is 2.37. The first-order chi connectivity index (χ1) is 10.2. The van der Waals surface area contributed by atoms with Gasteiger partial charge in [-0.2, -0.15) is 0 Å². The Morgan fingerprint density at radius 1 is 1.18 bits per heavy atom. The summed E-state index contributed by atoms with van der Waals surface area (Å²) >= 11 is 0. The first kappa shape index (κ1) is 17.7. The molecule has 0 radical (unpaired) electrons. The van der Waals surface area contributed by atoms with Crippen molar-refractivity contribution in [3.05, 3.63) is 0 Å². The van der Waals surface area contributed by atoms with E-state index in [1.165, 1.54) is 0 Å². The highest BCUT2D eigenvalue weighted by molar-refractivity contribution is 7.92. The standard InChI is InChI=1S/C16H30N2O3S/c1-11(2)7-17-16(19)13-5-6-22(20,21)15-10-18(8-12(3)4)9-14(13)15/h11-15H,5-10H2,1-4H3,(H,17,19)/t13-,14+,15+/m0/s1. The minimum absolute atomic E-state index is 0.0373. The molecule has 2 aliphatic heterocycles. The molecule has 1 N–H and O–H groups in total. The molecule has 0 bridgehead atoms. The fraction of sp³-hybridized carbons (Fsp3) is 0.938. The van der Waals surface area contributed by atoms with Gasteiger partial charge in [0.1, 0.15) is 0 Å². The van der Waals surface area contributed by atoms with E-state index < -0.39 is 9.84 Å². The lowest BCUT2D eigenvalue weighted by Crippen LogP contribution is -2.47. The molecule has 2 rings (SSSR count). The fourth-order valence-electron chi connectivity index (χ4n) is 3.73. The van der Waals surface area contributed by atoms with Crippen LogP contribution < -0.4 is 5.32 Å². The number of carbonyl (C=O) groups excluding carboxylic acids is 1. The van der Waals surface area contributed by atoms with Crippen LogP contribution in [0.15, 0.2) is 0 Å². The predicted octanol–water partition coefficient (Wildman–Crippen LogP) is 1.15. The van der Waals surface area contributed by atoms with Crippen LogP contribution in [0.5, 0.6) is 0 Å². The first-order valence-electron chi connectivity index (χ1n) is 8.42. The van der Waals surface area contributed by atoms with Gasteiger partial charge in [-0.25, -0.2) is 8.42 Å². The van der Waals surface area contributed by atoms with E-state index in [1.54, 1.807) is 0 Å². The summed E-state index contributed by atoms with van der Waals surface area (Å²) in [5, 5.41) is 2.64. The summed E-state index contributed by atoms with van der Waals surface area (Å²) in [5.41, 5.74) is 0. The maximum absolute atomic E-state index is 12.5. The summed E-state index contributed by atoms with van der Waals surface area (Å²) in [6, 6.07) is 0. The second kappa shape index (κ2) is 6.87. The van der Waals surface area contributed by atoms with Crippen molar-refractivity contribution >= 4 is 15.7 Å². The predicted molar refractivity (Wildman–Crippen MR) is 88.3 cm³/mol. The van der Waals surface area contributed by atoms with Gasteiger partial charge in [0, 0.05) is 38.0 Å². The minimum atomic E-state index is -3.05. The largest absolute Gasteiger partial charge is 0.356 e. The molecule has 0 aromatic rings. The fourth-order valence-corrected chi connectivity index (χ4v) is 5.86. The van der Waals surface area contributed by atoms with E-state index in [0.717, 1.165) is 13.1 Å². The first-order valence-corrected chi connectivity index (χ1v) is 10.1. The van der Waals surface area contributed by atoms with Gasteiger partial charge in [-0.3, -0.25) is 4.79 Å². The van der Waals surface area contributed by atoms with Gasteiger partial charge in [0.15, 0.2) is 9.84 Å². The Morgan fingerprint density at radius 2 is 1.86 bits per heavy atom. The quantitative estimate of drug-likeness (QED) is 0.821. The van der Waals surface area contributed by atoms with Gasteiger partial charge in [0.25, 0.3) is 0 Å². The van der Waals surface area contributed by atoms with Gasteiger partial charge >= 0.3 is 0 Å². The molecule has 0 saturated carbocycles. The molecule has 2 heterocycles. The Balaban J connectivity index is 2.09. The molecule has 0 aliphatic carbocycles. The highest BCUT2D eigenvalue weighted by atomic mass is 32.2. The lowest BCUT2D eigenvalue weighted by molar-refractivity contribution is -0.126. The van der Waals surface area contributed by atoms with E-state index >= 15 is 0 Å². The second-order valence-electron chi connectivity index (χ2n) is 7.72. The lowest BCUT2D eigenvalue weighted by Gasteiger charge is -2.32. The summed E-state index contributed by atoms with van der Waals surface area (Å²) in [4.78, 5) is 14.7. The van der Waals surface area contributed by atoms with Gasteiger partial charge in [-0.15, -0.1) is 0 Å². The zero-order valence-electron chi connectivity index (χ0n) is 14.2. The highest BCUT2D eigenvalue weighted by Gasteiger charge is 2.50. The third-order valence-electron chi connectivity index (χ3n) is 4.72. The van der Waals surface area contributed by atoms with Gasteiger partial charge < -0.3 is 10.2 Å². The van der Waals surface area contributed by atoms with Crippen molar-refractivity contribution < 1.29 is 13.2 Å². The van der Waals surface area contributed by atoms with Crippen LogP contribution in [0.25, 0.3) is 0 Å². The van der Waals surface area contributed by atoms with Crippen molar-refractivity contribution in [2.45, 2.75) is 39.4 Å². The molecule has 5 nitrogen and oxygen atoms in total. The lowest BCUT2D eigenvalue weighted by atomic mass is 9.87. The number of nitrogens with zero attached hydrogens (tertiary/aromatic N) is 1. The number of rotatable bonds is 5. The van der Waals surface area contributed by atoms with Crippen LogP contribution in [-0.4, -0.2) is 56.4 Å². The van der Waals surface area contributed by atoms with Crippen LogP contribution in [0.1, 0.15) is 34.1 Å². The maximum Gasteiger partial charge on any atom is 0.223 e. The van der Waals surface area contributed by atoms with Crippen LogP contribution >= 0.6 is 0 Å². The normalized spacial score (nSPS) is 31.5. The SMILES string of the molecule is CC(C)CNC(=O)[C@H]1CCS(=O)(=O)[C@@H]2CN(CC(C)C)C[C@H]12. The molecule has 128 valence electrons. The van der Waals surface area contributed by atoms with E-state index in [0.29, 0.717) is 31.3 Å². The summed E-state index contributed by atoms with van der Waals surface area (Å²) in [6.45, 7) is 11.3. The number of carbonyl (C=O) groups is 1. The molecular weight excluding hydrogens is 300 g/mol. The molecular formula is C16H30N2O3S. The number of fused-ring (bicyclic) bond motifs is 1. The third kappa shape index (κ3) is 4.02. The van der Waals surface area contributed by atoms with Crippen molar-refractivity contribution in [3.63, 3.8) is 0 Å². The Labute approximate surface area is 134 Å². The zero-order chi connectivity index (χ0) is 16.5. The Morgan fingerprint density at radius 3 is 2.45 bits per heavy atom. The number of likely N-dealkylation sites (tertiary alicyclic amines) is 1. The Hall–Kier alpha value is -0.620. The van der Waals surface area contributed by atoms with Crippen molar-refractivity contribution in [2.75, 3.05) is 31.9 Å². The van der Waals surface area contributed by atoms with Crippen LogP contribution in [0, 0.1) is 23.7 Å². The molecule has 0 unspecified atom stereocenters. The summed E-state index contributed by atoms with van der Waals surface area (Å²) in [5.74, 6) is 0.937. The van der Waals surface area contributed by atoms with Crippen molar-refractivity contribution in [3.8, 4) is 0 Å². The summed E-state index contributed by atoms with van der Waals surface area (Å²) in [6.07, 6.45) is 0.475. The van der Waals surface area contributed by atoms with Crippen molar-refractivity contribution in [2.24, 2.45) is 23.7 Å². The van der Waals surface area contributed by atoms with Crippen LogP contribution in [0.3, 0.4) is 0 Å². The maximum atomic E-state index is 12.5. The number of sulfone groups is 1.